The number of hydrogen-bond donors (Lipinski definition) is 2. The van der Waals surface area contributed by atoms with E-state index in [4.69, 9.17) is 4.74 Å². The molecule has 0 saturated heterocycles. The average Bonchev–Trinajstić information content (AvgIpc) is 2.63. The molecule has 2 aromatic rings. The first-order chi connectivity index (χ1) is 13.3. The number of likely N-dealkylation sites (N-methyl/N-ethyl adjacent to an activating group) is 1. The molecule has 0 aromatic heterocycles. The second kappa shape index (κ2) is 9.78. The van der Waals surface area contributed by atoms with Crippen LogP contribution in [-0.2, 0) is 4.79 Å². The molecule has 0 radical (unpaired) electrons. The molecule has 2 rings (SSSR count). The van der Waals surface area contributed by atoms with Gasteiger partial charge in [-0.05, 0) is 56.5 Å². The Labute approximate surface area is 166 Å². The normalized spacial score (nSPS) is 10.3. The van der Waals surface area contributed by atoms with Crippen LogP contribution in [0, 0.1) is 27.7 Å². The molecule has 0 aliphatic carbocycles. The van der Waals surface area contributed by atoms with Crippen LogP contribution >= 0.6 is 0 Å². The molecule has 0 aliphatic rings. The third-order valence-electron chi connectivity index (χ3n) is 4.57. The molecule has 150 valence electrons. The van der Waals surface area contributed by atoms with Gasteiger partial charge >= 0.3 is 6.03 Å². The van der Waals surface area contributed by atoms with Gasteiger partial charge in [0.15, 0.2) is 0 Å². The van der Waals surface area contributed by atoms with E-state index < -0.39 is 0 Å². The van der Waals surface area contributed by atoms with Crippen LogP contribution in [-0.4, -0.2) is 43.6 Å². The van der Waals surface area contributed by atoms with Crippen LogP contribution < -0.4 is 15.4 Å². The van der Waals surface area contributed by atoms with Gasteiger partial charge in [-0.2, -0.15) is 0 Å². The summed E-state index contributed by atoms with van der Waals surface area (Å²) in [5.74, 6) is 0.569. The largest absolute Gasteiger partial charge is 0.491 e. The summed E-state index contributed by atoms with van der Waals surface area (Å²) in [6.07, 6.45) is 0. The molecule has 0 saturated carbocycles. The molecule has 0 aliphatic heterocycles. The van der Waals surface area contributed by atoms with Crippen molar-refractivity contribution in [2.75, 3.05) is 32.1 Å². The summed E-state index contributed by atoms with van der Waals surface area (Å²) in [4.78, 5) is 25.7. The van der Waals surface area contributed by atoms with Gasteiger partial charge in [0.25, 0.3) is 0 Å². The molecule has 28 heavy (non-hydrogen) atoms. The zero-order valence-electron chi connectivity index (χ0n) is 17.3. The summed E-state index contributed by atoms with van der Waals surface area (Å²) in [5.41, 5.74) is 5.13. The van der Waals surface area contributed by atoms with E-state index in [1.807, 2.05) is 58.0 Å². The van der Waals surface area contributed by atoms with Crippen molar-refractivity contribution in [3.05, 3.63) is 58.7 Å². The number of nitrogens with one attached hydrogen (secondary N) is 2. The minimum absolute atomic E-state index is 0.0306. The Morgan fingerprint density at radius 3 is 2.50 bits per heavy atom. The number of amides is 3. The maximum absolute atomic E-state index is 12.2. The molecule has 6 nitrogen and oxygen atoms in total. The summed E-state index contributed by atoms with van der Waals surface area (Å²) in [6, 6.07) is 11.4. The van der Waals surface area contributed by atoms with Gasteiger partial charge in [0.2, 0.25) is 5.91 Å². The van der Waals surface area contributed by atoms with E-state index in [0.717, 1.165) is 28.1 Å². The van der Waals surface area contributed by atoms with Crippen LogP contribution in [0.1, 0.15) is 22.3 Å². The number of carbonyl (C=O) groups is 2. The fraction of sp³-hybridized carbons (Fsp3) is 0.364. The van der Waals surface area contributed by atoms with Gasteiger partial charge < -0.3 is 20.3 Å². The van der Waals surface area contributed by atoms with Crippen molar-refractivity contribution in [3.8, 4) is 5.75 Å². The molecule has 0 atom stereocenters. The number of urea groups is 1. The van der Waals surface area contributed by atoms with Crippen molar-refractivity contribution in [3.63, 3.8) is 0 Å². The summed E-state index contributed by atoms with van der Waals surface area (Å²) < 4.78 is 5.69. The molecule has 3 amide bonds. The first-order valence-electron chi connectivity index (χ1n) is 9.33. The van der Waals surface area contributed by atoms with Crippen molar-refractivity contribution in [2.45, 2.75) is 27.7 Å². The van der Waals surface area contributed by atoms with Crippen molar-refractivity contribution in [1.29, 1.82) is 0 Å². The Kier molecular flexibility index (Phi) is 7.44. The third-order valence-corrected chi connectivity index (χ3v) is 4.57. The van der Waals surface area contributed by atoms with Crippen LogP contribution in [0.5, 0.6) is 5.75 Å². The second-order valence-corrected chi connectivity index (χ2v) is 7.00. The van der Waals surface area contributed by atoms with Gasteiger partial charge in [-0.25, -0.2) is 4.79 Å². The van der Waals surface area contributed by atoms with Crippen LogP contribution in [0.2, 0.25) is 0 Å². The zero-order chi connectivity index (χ0) is 20.7. The molecule has 0 unspecified atom stereocenters. The lowest BCUT2D eigenvalue weighted by Crippen LogP contribution is -2.42. The summed E-state index contributed by atoms with van der Waals surface area (Å²) >= 11 is 0. The number of hydrogen-bond acceptors (Lipinski definition) is 3. The predicted octanol–water partition coefficient (Wildman–Crippen LogP) is 3.58. The summed E-state index contributed by atoms with van der Waals surface area (Å²) in [7, 11) is 1.59. The van der Waals surface area contributed by atoms with Crippen molar-refractivity contribution in [2.24, 2.45) is 0 Å². The number of benzene rings is 2. The van der Waals surface area contributed by atoms with Gasteiger partial charge in [-0.1, -0.05) is 29.8 Å². The fourth-order valence-corrected chi connectivity index (χ4v) is 2.78. The predicted molar refractivity (Wildman–Crippen MR) is 112 cm³/mol. The molecule has 6 heteroatoms. The molecule has 0 fully saturated rings. The second-order valence-electron chi connectivity index (χ2n) is 7.00. The average molecular weight is 383 g/mol. The quantitative estimate of drug-likeness (QED) is 0.718. The van der Waals surface area contributed by atoms with E-state index in [2.05, 4.69) is 16.7 Å². The highest BCUT2D eigenvalue weighted by Gasteiger charge is 2.13. The van der Waals surface area contributed by atoms with Gasteiger partial charge in [0.05, 0.1) is 6.54 Å². The van der Waals surface area contributed by atoms with Gasteiger partial charge in [-0.15, -0.1) is 0 Å². The molecule has 0 spiro atoms. The number of rotatable bonds is 7. The third kappa shape index (κ3) is 6.01. The van der Waals surface area contributed by atoms with Crippen LogP contribution in [0.3, 0.4) is 0 Å². The van der Waals surface area contributed by atoms with E-state index in [1.165, 1.54) is 10.5 Å². The van der Waals surface area contributed by atoms with E-state index in [0.29, 0.717) is 13.2 Å². The number of nitrogens with zero attached hydrogens (tertiary/aromatic N) is 1. The van der Waals surface area contributed by atoms with Crippen LogP contribution in [0.15, 0.2) is 36.4 Å². The Balaban J connectivity index is 1.74. The Bertz CT molecular complexity index is 849. The Morgan fingerprint density at radius 2 is 1.79 bits per heavy atom. The van der Waals surface area contributed by atoms with E-state index >= 15 is 0 Å². The van der Waals surface area contributed by atoms with E-state index in [1.54, 1.807) is 7.05 Å². The fourth-order valence-electron chi connectivity index (χ4n) is 2.78. The van der Waals surface area contributed by atoms with Crippen LogP contribution in [0.25, 0.3) is 0 Å². The molecule has 2 N–H and O–H groups in total. The monoisotopic (exact) mass is 383 g/mol. The Hall–Kier alpha value is -3.02. The van der Waals surface area contributed by atoms with E-state index in [9.17, 15) is 9.59 Å². The minimum Gasteiger partial charge on any atom is -0.491 e. The SMILES string of the molecule is Cc1ccc(OCCNC(=O)N(C)CC(=O)Nc2cccc(C)c2C)c(C)c1. The van der Waals surface area contributed by atoms with Gasteiger partial charge in [0, 0.05) is 12.7 Å². The summed E-state index contributed by atoms with van der Waals surface area (Å²) in [6.45, 7) is 8.65. The number of ether oxygens (including phenoxy) is 1. The van der Waals surface area contributed by atoms with Crippen molar-refractivity contribution < 1.29 is 14.3 Å². The zero-order valence-corrected chi connectivity index (χ0v) is 17.3. The molecule has 0 heterocycles. The first kappa shape index (κ1) is 21.3. The lowest BCUT2D eigenvalue weighted by Gasteiger charge is -2.18. The number of carbonyl (C=O) groups excluding carboxylic acids is 2. The van der Waals surface area contributed by atoms with Gasteiger partial charge in [0.1, 0.15) is 18.9 Å². The molecular formula is C22H29N3O3. The minimum atomic E-state index is -0.319. The lowest BCUT2D eigenvalue weighted by atomic mass is 10.1. The smallest absolute Gasteiger partial charge is 0.317 e. The lowest BCUT2D eigenvalue weighted by molar-refractivity contribution is -0.116. The van der Waals surface area contributed by atoms with Gasteiger partial charge in [-0.3, -0.25) is 4.79 Å². The highest BCUT2D eigenvalue weighted by molar-refractivity contribution is 5.95. The first-order valence-corrected chi connectivity index (χ1v) is 9.33. The highest BCUT2D eigenvalue weighted by atomic mass is 16.5. The standard InChI is InChI=1S/C22H29N3O3/c1-15-9-10-20(17(3)13-15)28-12-11-23-22(27)25(5)14-21(26)24-19-8-6-7-16(2)18(19)4/h6-10,13H,11-12,14H2,1-5H3,(H,23,27)(H,24,26). The molecule has 0 bridgehead atoms. The van der Waals surface area contributed by atoms with Crippen molar-refractivity contribution in [1.82, 2.24) is 10.2 Å². The number of anilines is 1. The summed E-state index contributed by atoms with van der Waals surface area (Å²) in [5, 5.41) is 5.61. The molecular weight excluding hydrogens is 354 g/mol. The van der Waals surface area contributed by atoms with Crippen LogP contribution in [0.4, 0.5) is 10.5 Å². The van der Waals surface area contributed by atoms with Crippen molar-refractivity contribution >= 4 is 17.6 Å². The topological polar surface area (TPSA) is 70.7 Å². The maximum atomic E-state index is 12.2. The Morgan fingerprint density at radius 1 is 1.04 bits per heavy atom. The number of aryl methyl sites for hydroxylation is 3. The van der Waals surface area contributed by atoms with E-state index in [-0.39, 0.29) is 18.5 Å². The highest BCUT2D eigenvalue weighted by Crippen LogP contribution is 2.19. The maximum Gasteiger partial charge on any atom is 0.317 e. The molecule has 2 aromatic carbocycles.